The molecule has 0 atom stereocenters. The van der Waals surface area contributed by atoms with Crippen LogP contribution >= 0.6 is 12.2 Å². The van der Waals surface area contributed by atoms with Gasteiger partial charge in [0, 0.05) is 6.20 Å². The Balaban J connectivity index is 3.03. The minimum absolute atomic E-state index is 0.808. The smallest absolute Gasteiger partial charge is 0.106 e. The van der Waals surface area contributed by atoms with Gasteiger partial charge in [-0.3, -0.25) is 0 Å². The molecule has 0 saturated carbocycles. The summed E-state index contributed by atoms with van der Waals surface area (Å²) in [5, 5.41) is 0. The Labute approximate surface area is 65.4 Å². The third-order valence-electron chi connectivity index (χ3n) is 1.26. The van der Waals surface area contributed by atoms with Gasteiger partial charge in [-0.1, -0.05) is 24.4 Å². The first-order chi connectivity index (χ1) is 4.84. The molecular weight excluding hydrogens is 142 g/mol. The Morgan fingerprint density at radius 1 is 1.70 bits per heavy atom. The molecule has 0 spiro atoms. The van der Waals surface area contributed by atoms with Gasteiger partial charge >= 0.3 is 0 Å². The summed E-state index contributed by atoms with van der Waals surface area (Å²) in [6.45, 7) is 3.64. The second-order valence-corrected chi connectivity index (χ2v) is 2.43. The number of hydrogen-bond donors (Lipinski definition) is 1. The number of nitrogens with one attached hydrogen (secondary N) is 1. The molecule has 0 amide bonds. The Kier molecular flexibility index (Phi) is 2.40. The standard InChI is InChI=1S/C8H9NS/c1-2-4-7-5-3-6-9-8(7)10/h2-3,5-6H,1,4H2,(H,9,10). The lowest BCUT2D eigenvalue weighted by molar-refractivity contribution is 1.17. The van der Waals surface area contributed by atoms with Gasteiger partial charge in [0.1, 0.15) is 4.64 Å². The minimum atomic E-state index is 0.808. The van der Waals surface area contributed by atoms with E-state index in [4.69, 9.17) is 12.2 Å². The highest BCUT2D eigenvalue weighted by Crippen LogP contribution is 1.99. The summed E-state index contributed by atoms with van der Waals surface area (Å²) in [7, 11) is 0. The van der Waals surface area contributed by atoms with E-state index in [1.165, 1.54) is 0 Å². The Hall–Kier alpha value is -0.890. The molecular formula is C8H9NS. The predicted molar refractivity (Wildman–Crippen MR) is 45.5 cm³/mol. The molecule has 1 rings (SSSR count). The van der Waals surface area contributed by atoms with Crippen molar-refractivity contribution in [3.63, 3.8) is 0 Å². The maximum Gasteiger partial charge on any atom is 0.106 e. The number of rotatable bonds is 2. The predicted octanol–water partition coefficient (Wildman–Crippen LogP) is 2.47. The topological polar surface area (TPSA) is 15.8 Å². The van der Waals surface area contributed by atoms with Crippen LogP contribution in [0.4, 0.5) is 0 Å². The van der Waals surface area contributed by atoms with Gasteiger partial charge in [0.05, 0.1) is 0 Å². The Morgan fingerprint density at radius 2 is 2.50 bits per heavy atom. The largest absolute Gasteiger partial charge is 0.353 e. The zero-order valence-electron chi connectivity index (χ0n) is 5.63. The highest BCUT2D eigenvalue weighted by molar-refractivity contribution is 7.71. The van der Waals surface area contributed by atoms with E-state index >= 15 is 0 Å². The van der Waals surface area contributed by atoms with Gasteiger partial charge in [0.2, 0.25) is 0 Å². The van der Waals surface area contributed by atoms with E-state index in [1.54, 1.807) is 0 Å². The van der Waals surface area contributed by atoms with Crippen molar-refractivity contribution < 1.29 is 0 Å². The quantitative estimate of drug-likeness (QED) is 0.507. The summed E-state index contributed by atoms with van der Waals surface area (Å²) >= 11 is 5.01. The van der Waals surface area contributed by atoms with Crippen LogP contribution in [0.1, 0.15) is 5.56 Å². The SMILES string of the molecule is C=CCc1ccc[nH]c1=S. The van der Waals surface area contributed by atoms with Gasteiger partial charge in [0.25, 0.3) is 0 Å². The summed E-state index contributed by atoms with van der Waals surface area (Å²) < 4.78 is 0.808. The van der Waals surface area contributed by atoms with Crippen molar-refractivity contribution in [1.29, 1.82) is 0 Å². The van der Waals surface area contributed by atoms with Crippen LogP contribution in [0.15, 0.2) is 31.0 Å². The number of aromatic amines is 1. The molecule has 0 aliphatic carbocycles. The van der Waals surface area contributed by atoms with Crippen LogP contribution in [0, 0.1) is 4.64 Å². The number of pyridine rings is 1. The first-order valence-corrected chi connectivity index (χ1v) is 3.53. The minimum Gasteiger partial charge on any atom is -0.353 e. The fourth-order valence-corrected chi connectivity index (χ4v) is 0.992. The molecule has 1 heterocycles. The molecule has 0 aliphatic heterocycles. The first-order valence-electron chi connectivity index (χ1n) is 3.12. The molecule has 1 aromatic rings. The molecule has 2 heteroatoms. The molecule has 0 unspecified atom stereocenters. The van der Waals surface area contributed by atoms with Crippen molar-refractivity contribution in [1.82, 2.24) is 4.98 Å². The summed E-state index contributed by atoms with van der Waals surface area (Å²) in [6, 6.07) is 3.94. The van der Waals surface area contributed by atoms with Gasteiger partial charge in [-0.05, 0) is 18.1 Å². The van der Waals surface area contributed by atoms with Crippen LogP contribution in [0.5, 0.6) is 0 Å². The Bertz CT molecular complexity index is 275. The first kappa shape index (κ1) is 7.22. The lowest BCUT2D eigenvalue weighted by Gasteiger charge is -1.93. The fourth-order valence-electron chi connectivity index (χ4n) is 0.773. The number of aromatic nitrogens is 1. The second kappa shape index (κ2) is 3.32. The van der Waals surface area contributed by atoms with E-state index in [2.05, 4.69) is 11.6 Å². The zero-order chi connectivity index (χ0) is 7.40. The average Bonchev–Trinajstić information content (AvgIpc) is 1.94. The lowest BCUT2D eigenvalue weighted by atomic mass is 10.2. The zero-order valence-corrected chi connectivity index (χ0v) is 6.45. The fraction of sp³-hybridized carbons (Fsp3) is 0.125. The number of H-pyrrole nitrogens is 1. The molecule has 0 fully saturated rings. The van der Waals surface area contributed by atoms with Crippen molar-refractivity contribution >= 4 is 12.2 Å². The van der Waals surface area contributed by atoms with Gasteiger partial charge in [-0.25, -0.2) is 0 Å². The molecule has 0 aliphatic rings. The van der Waals surface area contributed by atoms with Crippen molar-refractivity contribution in [3.05, 3.63) is 41.2 Å². The van der Waals surface area contributed by atoms with Gasteiger partial charge in [0.15, 0.2) is 0 Å². The number of hydrogen-bond acceptors (Lipinski definition) is 1. The molecule has 1 nitrogen and oxygen atoms in total. The number of allylic oxidation sites excluding steroid dienone is 1. The second-order valence-electron chi connectivity index (χ2n) is 2.02. The van der Waals surface area contributed by atoms with Crippen molar-refractivity contribution in [3.8, 4) is 0 Å². The van der Waals surface area contributed by atoms with E-state index in [-0.39, 0.29) is 0 Å². The summed E-state index contributed by atoms with van der Waals surface area (Å²) in [4.78, 5) is 2.95. The molecule has 0 saturated heterocycles. The van der Waals surface area contributed by atoms with Crippen molar-refractivity contribution in [2.75, 3.05) is 0 Å². The van der Waals surface area contributed by atoms with Gasteiger partial charge in [-0.2, -0.15) is 0 Å². The lowest BCUT2D eigenvalue weighted by Crippen LogP contribution is -1.83. The summed E-state index contributed by atoms with van der Waals surface area (Å²) in [5.74, 6) is 0. The van der Waals surface area contributed by atoms with Crippen LogP contribution in [0.2, 0.25) is 0 Å². The highest BCUT2D eigenvalue weighted by atomic mass is 32.1. The molecule has 1 N–H and O–H groups in total. The maximum absolute atomic E-state index is 5.01. The van der Waals surface area contributed by atoms with Crippen molar-refractivity contribution in [2.24, 2.45) is 0 Å². The molecule has 10 heavy (non-hydrogen) atoms. The monoisotopic (exact) mass is 151 g/mol. The van der Waals surface area contributed by atoms with E-state index in [0.717, 1.165) is 16.6 Å². The average molecular weight is 151 g/mol. The van der Waals surface area contributed by atoms with Crippen LogP contribution < -0.4 is 0 Å². The van der Waals surface area contributed by atoms with Gasteiger partial charge < -0.3 is 4.98 Å². The molecule has 52 valence electrons. The van der Waals surface area contributed by atoms with Crippen LogP contribution in [0.3, 0.4) is 0 Å². The molecule has 0 radical (unpaired) electrons. The summed E-state index contributed by atoms with van der Waals surface area (Å²) in [6.07, 6.45) is 4.52. The van der Waals surface area contributed by atoms with E-state index in [0.29, 0.717) is 0 Å². The molecule has 0 bridgehead atoms. The third-order valence-corrected chi connectivity index (χ3v) is 1.64. The molecule has 1 aromatic heterocycles. The maximum atomic E-state index is 5.01. The normalized spacial score (nSPS) is 9.20. The van der Waals surface area contributed by atoms with E-state index < -0.39 is 0 Å². The van der Waals surface area contributed by atoms with Crippen LogP contribution in [0.25, 0.3) is 0 Å². The van der Waals surface area contributed by atoms with Crippen LogP contribution in [-0.2, 0) is 6.42 Å². The van der Waals surface area contributed by atoms with Gasteiger partial charge in [-0.15, -0.1) is 6.58 Å². The summed E-state index contributed by atoms with van der Waals surface area (Å²) in [5.41, 5.74) is 1.13. The van der Waals surface area contributed by atoms with E-state index in [1.807, 2.05) is 24.4 Å². The van der Waals surface area contributed by atoms with Crippen molar-refractivity contribution in [2.45, 2.75) is 6.42 Å². The highest BCUT2D eigenvalue weighted by Gasteiger charge is 1.88. The van der Waals surface area contributed by atoms with E-state index in [9.17, 15) is 0 Å². The van der Waals surface area contributed by atoms with Crippen LogP contribution in [-0.4, -0.2) is 4.98 Å². The molecule has 0 aromatic carbocycles. The third kappa shape index (κ3) is 1.54. The Morgan fingerprint density at radius 3 is 3.10 bits per heavy atom.